The molecule has 43 heavy (non-hydrogen) atoms. The zero-order valence-electron chi connectivity index (χ0n) is 26.0. The monoisotopic (exact) mass is 587 g/mol. The number of para-hydroxylation sites is 1. The fourth-order valence-corrected chi connectivity index (χ4v) is 4.59. The number of aromatic amines is 1. The molecule has 3 aromatic rings. The number of piperazine rings is 1. The number of ketones is 1. The average molecular weight is 588 g/mol. The number of hydrogen-bond donors (Lipinski definition) is 3. The van der Waals surface area contributed by atoms with Gasteiger partial charge in [-0.15, -0.1) is 12.8 Å². The Morgan fingerprint density at radius 2 is 1.60 bits per heavy atom. The van der Waals surface area contributed by atoms with Crippen molar-refractivity contribution in [2.24, 2.45) is 4.99 Å². The Labute approximate surface area is 255 Å². The van der Waals surface area contributed by atoms with Crippen molar-refractivity contribution in [1.82, 2.24) is 25.0 Å². The standard InChI is InChI=1S/C29H37N7O3.C2H6.C2H2/c1-4-30-29(31-14-9-15-34(2)3)33-24-13-8-12-22-23(20-32-25(22)24)26(37)28(39)36-18-16-35(17-19-36)27(38)21-10-6-5-7-11-21;2*1-2/h5-8,10-13,20,32H,4,9,14-19H2,1-3H3,(H2,30,31,33);1-2H3;1-2H. The molecule has 1 aliphatic rings. The van der Waals surface area contributed by atoms with Gasteiger partial charge in [-0.2, -0.15) is 0 Å². The third-order valence-electron chi connectivity index (χ3n) is 6.66. The second-order valence-electron chi connectivity index (χ2n) is 9.75. The normalized spacial score (nSPS) is 13.0. The van der Waals surface area contributed by atoms with Crippen LogP contribution in [0.25, 0.3) is 10.9 Å². The summed E-state index contributed by atoms with van der Waals surface area (Å²) in [7, 11) is 4.07. The van der Waals surface area contributed by atoms with Crippen molar-refractivity contribution >= 4 is 40.1 Å². The number of H-pyrrole nitrogens is 1. The van der Waals surface area contributed by atoms with Crippen LogP contribution in [0.2, 0.25) is 0 Å². The lowest BCUT2D eigenvalue weighted by molar-refractivity contribution is -0.127. The van der Waals surface area contributed by atoms with Crippen molar-refractivity contribution in [3.8, 4) is 12.8 Å². The van der Waals surface area contributed by atoms with Crippen LogP contribution < -0.4 is 10.6 Å². The average Bonchev–Trinajstić information content (AvgIpc) is 3.49. The van der Waals surface area contributed by atoms with Crippen LogP contribution in [0.4, 0.5) is 5.69 Å². The van der Waals surface area contributed by atoms with E-state index in [9.17, 15) is 14.4 Å². The highest BCUT2D eigenvalue weighted by molar-refractivity contribution is 6.45. The molecule has 0 unspecified atom stereocenters. The Kier molecular flexibility index (Phi) is 14.5. The number of aromatic nitrogens is 1. The van der Waals surface area contributed by atoms with Gasteiger partial charge in [-0.25, -0.2) is 0 Å². The molecule has 0 atom stereocenters. The van der Waals surface area contributed by atoms with Gasteiger partial charge in [0.15, 0.2) is 5.96 Å². The number of amides is 2. The van der Waals surface area contributed by atoms with E-state index in [0.717, 1.165) is 24.2 Å². The van der Waals surface area contributed by atoms with Crippen LogP contribution in [0.15, 0.2) is 59.7 Å². The highest BCUT2D eigenvalue weighted by Gasteiger charge is 2.30. The number of Topliss-reactive ketones (excluding diaryl/α,β-unsaturated/α-hetero) is 1. The van der Waals surface area contributed by atoms with E-state index in [2.05, 4.69) is 38.4 Å². The second-order valence-corrected chi connectivity index (χ2v) is 9.75. The molecule has 2 heterocycles. The molecule has 3 N–H and O–H groups in total. The van der Waals surface area contributed by atoms with Crippen LogP contribution in [0, 0.1) is 12.8 Å². The number of aliphatic imine (C=N–C) groups is 1. The minimum absolute atomic E-state index is 0.0659. The van der Waals surface area contributed by atoms with Gasteiger partial charge in [-0.3, -0.25) is 19.4 Å². The van der Waals surface area contributed by atoms with Crippen LogP contribution in [-0.4, -0.2) is 103 Å². The summed E-state index contributed by atoms with van der Waals surface area (Å²) in [5, 5.41) is 7.25. The first kappa shape index (κ1) is 34.6. The highest BCUT2D eigenvalue weighted by atomic mass is 16.2. The summed E-state index contributed by atoms with van der Waals surface area (Å²) >= 11 is 0. The van der Waals surface area contributed by atoms with Crippen LogP contribution >= 0.6 is 0 Å². The van der Waals surface area contributed by atoms with E-state index in [1.165, 1.54) is 4.90 Å². The van der Waals surface area contributed by atoms with Crippen LogP contribution in [0.1, 0.15) is 47.9 Å². The molecule has 1 aliphatic heterocycles. The third kappa shape index (κ3) is 9.45. The number of carbonyl (C=O) groups excluding carboxylic acids is 3. The van der Waals surface area contributed by atoms with Crippen LogP contribution in [0.5, 0.6) is 0 Å². The number of carbonyl (C=O) groups is 3. The fraction of sp³-hybridized carbons (Fsp3) is 0.394. The lowest BCUT2D eigenvalue weighted by atomic mass is 10.1. The van der Waals surface area contributed by atoms with Gasteiger partial charge in [0.05, 0.1) is 16.8 Å². The van der Waals surface area contributed by atoms with Gasteiger partial charge < -0.3 is 30.3 Å². The number of rotatable bonds is 9. The molecule has 0 radical (unpaired) electrons. The number of nitrogens with one attached hydrogen (secondary N) is 3. The molecule has 10 heteroatoms. The lowest BCUT2D eigenvalue weighted by Crippen LogP contribution is -2.52. The van der Waals surface area contributed by atoms with Crippen LogP contribution in [-0.2, 0) is 4.79 Å². The first-order chi connectivity index (χ1) is 20.9. The Balaban J connectivity index is 0.00000155. The first-order valence-corrected chi connectivity index (χ1v) is 14.7. The molecule has 0 saturated carbocycles. The number of guanidine groups is 1. The number of benzene rings is 2. The molecule has 230 valence electrons. The zero-order valence-corrected chi connectivity index (χ0v) is 26.0. The number of terminal acetylenes is 1. The van der Waals surface area contributed by atoms with E-state index in [1.807, 2.05) is 71.3 Å². The topological polar surface area (TPSA) is 113 Å². The maximum atomic E-state index is 13.3. The molecule has 0 aliphatic carbocycles. The molecule has 10 nitrogen and oxygen atoms in total. The van der Waals surface area contributed by atoms with E-state index >= 15 is 0 Å². The molecule has 2 amide bonds. The molecular weight excluding hydrogens is 542 g/mol. The minimum atomic E-state index is -0.564. The highest BCUT2D eigenvalue weighted by Crippen LogP contribution is 2.26. The number of fused-ring (bicyclic) bond motifs is 1. The van der Waals surface area contributed by atoms with Gasteiger partial charge >= 0.3 is 0 Å². The van der Waals surface area contributed by atoms with Crippen LogP contribution in [0.3, 0.4) is 0 Å². The summed E-state index contributed by atoms with van der Waals surface area (Å²) in [6, 6.07) is 14.7. The maximum absolute atomic E-state index is 13.3. The number of anilines is 1. The van der Waals surface area contributed by atoms with Crippen molar-refractivity contribution in [2.45, 2.75) is 27.2 Å². The van der Waals surface area contributed by atoms with E-state index < -0.39 is 11.7 Å². The SMILES string of the molecule is C#C.CC.CCNC(=NCCCN(C)C)Nc1cccc2c(C(=O)C(=O)N3CCN(C(=O)c4ccccc4)CC3)c[nH]c12. The van der Waals surface area contributed by atoms with Gasteiger partial charge in [0.1, 0.15) is 0 Å². The van der Waals surface area contributed by atoms with Gasteiger partial charge in [-0.1, -0.05) is 44.2 Å². The fourth-order valence-electron chi connectivity index (χ4n) is 4.59. The maximum Gasteiger partial charge on any atom is 0.295 e. The quantitative estimate of drug-likeness (QED) is 0.0873. The molecule has 4 rings (SSSR count). The van der Waals surface area contributed by atoms with Gasteiger partial charge in [0, 0.05) is 56.4 Å². The third-order valence-corrected chi connectivity index (χ3v) is 6.66. The zero-order chi connectivity index (χ0) is 31.8. The van der Waals surface area contributed by atoms with Gasteiger partial charge in [-0.05, 0) is 52.2 Å². The molecule has 1 fully saturated rings. The second kappa shape index (κ2) is 18.0. The smallest absolute Gasteiger partial charge is 0.295 e. The summed E-state index contributed by atoms with van der Waals surface area (Å²) in [5.74, 6) is -0.531. The van der Waals surface area contributed by atoms with Crippen molar-refractivity contribution in [3.63, 3.8) is 0 Å². The van der Waals surface area contributed by atoms with Gasteiger partial charge in [0.2, 0.25) is 0 Å². The predicted octanol–water partition coefficient (Wildman–Crippen LogP) is 3.94. The predicted molar refractivity (Wildman–Crippen MR) is 176 cm³/mol. The van der Waals surface area contributed by atoms with E-state index in [-0.39, 0.29) is 5.91 Å². The molecule has 1 saturated heterocycles. The minimum Gasteiger partial charge on any atom is -0.359 e. The summed E-state index contributed by atoms with van der Waals surface area (Å²) in [4.78, 5) is 52.3. The summed E-state index contributed by atoms with van der Waals surface area (Å²) in [6.07, 6.45) is 10.5. The number of nitrogens with zero attached hydrogens (tertiary/aromatic N) is 4. The van der Waals surface area contributed by atoms with Gasteiger partial charge in [0.25, 0.3) is 17.6 Å². The van der Waals surface area contributed by atoms with Crippen molar-refractivity contribution < 1.29 is 14.4 Å². The van der Waals surface area contributed by atoms with E-state index in [4.69, 9.17) is 0 Å². The van der Waals surface area contributed by atoms with Crippen molar-refractivity contribution in [1.29, 1.82) is 0 Å². The summed E-state index contributed by atoms with van der Waals surface area (Å²) in [5.41, 5.74) is 2.44. The first-order valence-electron chi connectivity index (χ1n) is 14.7. The molecular formula is C33H45N7O3. The molecule has 2 aromatic carbocycles. The molecule has 0 bridgehead atoms. The molecule has 1 aromatic heterocycles. The Morgan fingerprint density at radius 3 is 2.23 bits per heavy atom. The molecule has 0 spiro atoms. The lowest BCUT2D eigenvalue weighted by Gasteiger charge is -2.34. The van der Waals surface area contributed by atoms with Crippen molar-refractivity contribution in [3.05, 3.63) is 65.9 Å². The Morgan fingerprint density at radius 1 is 0.953 bits per heavy atom. The largest absolute Gasteiger partial charge is 0.359 e. The van der Waals surface area contributed by atoms with E-state index in [1.54, 1.807) is 23.2 Å². The summed E-state index contributed by atoms with van der Waals surface area (Å²) in [6.45, 7) is 9.74. The Bertz CT molecular complexity index is 1370. The van der Waals surface area contributed by atoms with E-state index in [0.29, 0.717) is 61.7 Å². The van der Waals surface area contributed by atoms with Crippen molar-refractivity contribution in [2.75, 3.05) is 65.2 Å². The number of hydrogen-bond acceptors (Lipinski definition) is 5. The summed E-state index contributed by atoms with van der Waals surface area (Å²) < 4.78 is 0. The Hall–Kier alpha value is -4.62.